The fraction of sp³-hybridized carbons (Fsp3) is 0.300. The minimum absolute atomic E-state index is 0.555. The Bertz CT molecular complexity index is 437. The molecule has 4 heteroatoms. The lowest BCUT2D eigenvalue weighted by Crippen LogP contribution is -1.92. The van der Waals surface area contributed by atoms with Gasteiger partial charge in [-0.3, -0.25) is 0 Å². The van der Waals surface area contributed by atoms with Crippen LogP contribution in [0.15, 0.2) is 22.7 Å². The van der Waals surface area contributed by atoms with E-state index in [1.807, 2.05) is 32.2 Å². The zero-order chi connectivity index (χ0) is 9.97. The highest BCUT2D eigenvalue weighted by Gasteiger charge is 2.08. The van der Waals surface area contributed by atoms with Crippen LogP contribution in [0.2, 0.25) is 0 Å². The first kappa shape index (κ1) is 8.87. The summed E-state index contributed by atoms with van der Waals surface area (Å²) in [5.74, 6) is 0.555. The molecule has 1 aromatic carbocycles. The van der Waals surface area contributed by atoms with Gasteiger partial charge in [0.2, 0.25) is 0 Å². The van der Waals surface area contributed by atoms with E-state index in [-0.39, 0.29) is 0 Å². The number of anilines is 1. The van der Waals surface area contributed by atoms with Crippen molar-refractivity contribution in [2.45, 2.75) is 6.92 Å². The second kappa shape index (κ2) is 3.57. The van der Waals surface area contributed by atoms with Crippen LogP contribution in [0.1, 0.15) is 6.92 Å². The average molecular weight is 192 g/mol. The summed E-state index contributed by atoms with van der Waals surface area (Å²) in [5, 5.41) is 7.79. The molecule has 0 bridgehead atoms. The molecule has 0 saturated heterocycles. The topological polar surface area (TPSA) is 47.3 Å². The molecule has 0 aliphatic rings. The average Bonchev–Trinajstić information content (AvgIpc) is 2.61. The molecule has 0 aliphatic heterocycles. The van der Waals surface area contributed by atoms with E-state index in [2.05, 4.69) is 10.5 Å². The Morgan fingerprint density at radius 2 is 2.36 bits per heavy atom. The third-order valence-corrected chi connectivity index (χ3v) is 2.01. The van der Waals surface area contributed by atoms with E-state index in [0.717, 1.165) is 16.7 Å². The number of rotatable bonds is 3. The highest BCUT2D eigenvalue weighted by molar-refractivity contribution is 5.85. The number of ether oxygens (including phenoxy) is 1. The summed E-state index contributed by atoms with van der Waals surface area (Å²) in [7, 11) is 1.87. The van der Waals surface area contributed by atoms with Gasteiger partial charge in [0.25, 0.3) is 5.88 Å². The van der Waals surface area contributed by atoms with Crippen LogP contribution in [0.25, 0.3) is 11.0 Å². The molecule has 2 aromatic rings. The van der Waals surface area contributed by atoms with E-state index < -0.39 is 0 Å². The van der Waals surface area contributed by atoms with E-state index in [4.69, 9.17) is 9.26 Å². The van der Waals surface area contributed by atoms with Crippen molar-refractivity contribution in [3.63, 3.8) is 0 Å². The quantitative estimate of drug-likeness (QED) is 0.810. The van der Waals surface area contributed by atoms with Crippen molar-refractivity contribution >= 4 is 16.7 Å². The Labute approximate surface area is 81.8 Å². The van der Waals surface area contributed by atoms with Gasteiger partial charge in [-0.1, -0.05) is 0 Å². The summed E-state index contributed by atoms with van der Waals surface area (Å²) < 4.78 is 10.4. The van der Waals surface area contributed by atoms with E-state index in [0.29, 0.717) is 12.5 Å². The maximum Gasteiger partial charge on any atom is 0.262 e. The summed E-state index contributed by atoms with van der Waals surface area (Å²) in [6, 6.07) is 5.76. The summed E-state index contributed by atoms with van der Waals surface area (Å²) in [6.07, 6.45) is 0. The third kappa shape index (κ3) is 1.39. The first-order valence-electron chi connectivity index (χ1n) is 4.55. The molecular formula is C10H12N2O2. The third-order valence-electron chi connectivity index (χ3n) is 2.01. The summed E-state index contributed by atoms with van der Waals surface area (Å²) >= 11 is 0. The van der Waals surface area contributed by atoms with Gasteiger partial charge < -0.3 is 14.6 Å². The molecule has 14 heavy (non-hydrogen) atoms. The Morgan fingerprint density at radius 3 is 3.07 bits per heavy atom. The lowest BCUT2D eigenvalue weighted by atomic mass is 10.2. The van der Waals surface area contributed by atoms with Crippen LogP contribution in [0.3, 0.4) is 0 Å². The molecule has 1 aromatic heterocycles. The number of nitrogens with one attached hydrogen (secondary N) is 1. The van der Waals surface area contributed by atoms with Crippen molar-refractivity contribution in [3.05, 3.63) is 18.2 Å². The van der Waals surface area contributed by atoms with Crippen molar-refractivity contribution in [2.24, 2.45) is 0 Å². The Kier molecular flexibility index (Phi) is 2.26. The first-order valence-corrected chi connectivity index (χ1v) is 4.55. The van der Waals surface area contributed by atoms with Crippen LogP contribution in [0, 0.1) is 0 Å². The van der Waals surface area contributed by atoms with Crippen molar-refractivity contribution in [1.82, 2.24) is 5.16 Å². The van der Waals surface area contributed by atoms with E-state index in [1.54, 1.807) is 0 Å². The SMILES string of the molecule is CCOc1noc2ccc(NC)cc12. The lowest BCUT2D eigenvalue weighted by molar-refractivity contribution is 0.301. The molecule has 0 unspecified atom stereocenters. The molecular weight excluding hydrogens is 180 g/mol. The van der Waals surface area contributed by atoms with Crippen LogP contribution in [0.4, 0.5) is 5.69 Å². The van der Waals surface area contributed by atoms with Crippen LogP contribution >= 0.6 is 0 Å². The monoisotopic (exact) mass is 192 g/mol. The zero-order valence-electron chi connectivity index (χ0n) is 8.20. The van der Waals surface area contributed by atoms with Crippen molar-refractivity contribution in [1.29, 1.82) is 0 Å². The van der Waals surface area contributed by atoms with Gasteiger partial charge in [-0.15, -0.1) is 0 Å². The van der Waals surface area contributed by atoms with Crippen LogP contribution in [-0.2, 0) is 0 Å². The lowest BCUT2D eigenvalue weighted by Gasteiger charge is -1.99. The number of benzene rings is 1. The number of hydrogen-bond acceptors (Lipinski definition) is 4. The highest BCUT2D eigenvalue weighted by Crippen LogP contribution is 2.27. The molecule has 2 rings (SSSR count). The molecule has 74 valence electrons. The van der Waals surface area contributed by atoms with Gasteiger partial charge in [0.15, 0.2) is 5.58 Å². The number of hydrogen-bond donors (Lipinski definition) is 1. The molecule has 4 nitrogen and oxygen atoms in total. The molecule has 0 spiro atoms. The predicted molar refractivity (Wildman–Crippen MR) is 54.7 cm³/mol. The fourth-order valence-electron chi connectivity index (χ4n) is 1.31. The standard InChI is InChI=1S/C10H12N2O2/c1-3-13-10-8-6-7(11-2)4-5-9(8)14-12-10/h4-6,11H,3H2,1-2H3. The molecule has 1 heterocycles. The smallest absolute Gasteiger partial charge is 0.262 e. The fourth-order valence-corrected chi connectivity index (χ4v) is 1.31. The predicted octanol–water partition coefficient (Wildman–Crippen LogP) is 2.27. The van der Waals surface area contributed by atoms with E-state index in [9.17, 15) is 0 Å². The maximum atomic E-state index is 5.33. The van der Waals surface area contributed by atoms with Crippen LogP contribution < -0.4 is 10.1 Å². The minimum Gasteiger partial charge on any atom is -0.475 e. The number of aromatic nitrogens is 1. The number of fused-ring (bicyclic) bond motifs is 1. The Hall–Kier alpha value is -1.71. The summed E-state index contributed by atoms with van der Waals surface area (Å²) in [6.45, 7) is 2.51. The van der Waals surface area contributed by atoms with Gasteiger partial charge in [-0.05, 0) is 30.3 Å². The van der Waals surface area contributed by atoms with Gasteiger partial charge in [0.05, 0.1) is 12.0 Å². The largest absolute Gasteiger partial charge is 0.475 e. The maximum absolute atomic E-state index is 5.33. The van der Waals surface area contributed by atoms with Gasteiger partial charge in [-0.25, -0.2) is 0 Å². The zero-order valence-corrected chi connectivity index (χ0v) is 8.20. The molecule has 0 fully saturated rings. The summed E-state index contributed by atoms with van der Waals surface area (Å²) in [4.78, 5) is 0. The summed E-state index contributed by atoms with van der Waals surface area (Å²) in [5.41, 5.74) is 1.76. The second-order valence-corrected chi connectivity index (χ2v) is 2.88. The second-order valence-electron chi connectivity index (χ2n) is 2.88. The van der Waals surface area contributed by atoms with Gasteiger partial charge in [-0.2, -0.15) is 0 Å². The van der Waals surface area contributed by atoms with Crippen molar-refractivity contribution in [3.8, 4) is 5.88 Å². The first-order chi connectivity index (χ1) is 6.85. The Morgan fingerprint density at radius 1 is 1.50 bits per heavy atom. The van der Waals surface area contributed by atoms with Crippen molar-refractivity contribution < 1.29 is 9.26 Å². The molecule has 0 atom stereocenters. The molecule has 1 N–H and O–H groups in total. The highest BCUT2D eigenvalue weighted by atomic mass is 16.5. The normalized spacial score (nSPS) is 10.4. The number of nitrogens with zero attached hydrogens (tertiary/aromatic N) is 1. The minimum atomic E-state index is 0.555. The molecule has 0 amide bonds. The molecule has 0 radical (unpaired) electrons. The van der Waals surface area contributed by atoms with Gasteiger partial charge in [0.1, 0.15) is 0 Å². The van der Waals surface area contributed by atoms with E-state index in [1.165, 1.54) is 0 Å². The van der Waals surface area contributed by atoms with Crippen molar-refractivity contribution in [2.75, 3.05) is 19.0 Å². The van der Waals surface area contributed by atoms with Crippen LogP contribution in [-0.4, -0.2) is 18.8 Å². The van der Waals surface area contributed by atoms with Crippen LogP contribution in [0.5, 0.6) is 5.88 Å². The van der Waals surface area contributed by atoms with Gasteiger partial charge in [0, 0.05) is 12.7 Å². The van der Waals surface area contributed by atoms with Gasteiger partial charge >= 0.3 is 0 Å². The van der Waals surface area contributed by atoms with E-state index >= 15 is 0 Å². The molecule has 0 aliphatic carbocycles. The Balaban J connectivity index is 2.52. The molecule has 0 saturated carbocycles.